The Morgan fingerprint density at radius 2 is 1.74 bits per heavy atom. The Bertz CT molecular complexity index is 1870. The van der Waals surface area contributed by atoms with E-state index in [1.807, 2.05) is 6.07 Å². The number of esters is 1. The predicted octanol–water partition coefficient (Wildman–Crippen LogP) is 5.99. The number of aromatic nitrogens is 3. The molecular formula is C32H25F3N4O4. The van der Waals surface area contributed by atoms with Crippen molar-refractivity contribution < 1.29 is 32.2 Å². The van der Waals surface area contributed by atoms with Crippen LogP contribution in [-0.4, -0.2) is 41.3 Å². The molecule has 0 aliphatic rings. The van der Waals surface area contributed by atoms with Crippen LogP contribution in [-0.2, 0) is 29.0 Å². The van der Waals surface area contributed by atoms with Gasteiger partial charge < -0.3 is 18.8 Å². The molecule has 5 aromatic rings. The fraction of sp³-hybridized carbons (Fsp3) is 0.188. The number of imidazole rings is 1. The van der Waals surface area contributed by atoms with E-state index in [0.717, 1.165) is 18.2 Å². The number of methoxy groups -OCH3 is 2. The number of hydrogen-bond acceptors (Lipinski definition) is 7. The SMILES string of the molecule is COCCn1c(Cc2cc(F)c(-c3cccc(OCc4ccc(C#N)cc4F)n3)cc2F)nc2ccc(C(=O)OC)cc21. The third kappa shape index (κ3) is 6.34. The molecule has 0 unspecified atom stereocenters. The second-order valence-electron chi connectivity index (χ2n) is 9.54. The lowest BCUT2D eigenvalue weighted by molar-refractivity contribution is 0.0601. The number of benzene rings is 3. The number of ether oxygens (including phenoxy) is 3. The topological polar surface area (TPSA) is 99.3 Å². The van der Waals surface area contributed by atoms with E-state index in [2.05, 4.69) is 9.97 Å². The molecule has 0 atom stereocenters. The maximum absolute atomic E-state index is 15.4. The van der Waals surface area contributed by atoms with Gasteiger partial charge >= 0.3 is 5.97 Å². The van der Waals surface area contributed by atoms with E-state index in [1.54, 1.807) is 35.9 Å². The number of carbonyl (C=O) groups excluding carboxylic acids is 1. The van der Waals surface area contributed by atoms with Crippen LogP contribution in [0.3, 0.4) is 0 Å². The van der Waals surface area contributed by atoms with Gasteiger partial charge in [-0.15, -0.1) is 0 Å². The summed E-state index contributed by atoms with van der Waals surface area (Å²) in [6, 6.07) is 17.5. The van der Waals surface area contributed by atoms with Gasteiger partial charge in [0.05, 0.1) is 47.6 Å². The normalized spacial score (nSPS) is 11.0. The standard InChI is InChI=1S/C32H25F3N4O4/c1-41-11-10-39-29-14-20(32(40)42-2)8-9-28(29)37-30(39)15-22-13-26(35)23(16-25(22)34)27-4-3-5-31(38-27)43-18-21-7-6-19(17-36)12-24(21)33/h3-9,12-14,16H,10-11,15,18H2,1-2H3. The van der Waals surface area contributed by atoms with Crippen molar-refractivity contribution in [2.75, 3.05) is 20.8 Å². The van der Waals surface area contributed by atoms with Crippen LogP contribution in [0.5, 0.6) is 5.88 Å². The molecular weight excluding hydrogens is 561 g/mol. The molecule has 0 spiro atoms. The average molecular weight is 587 g/mol. The smallest absolute Gasteiger partial charge is 0.337 e. The summed E-state index contributed by atoms with van der Waals surface area (Å²) >= 11 is 0. The summed E-state index contributed by atoms with van der Waals surface area (Å²) in [5, 5.41) is 8.90. The van der Waals surface area contributed by atoms with E-state index < -0.39 is 23.4 Å². The van der Waals surface area contributed by atoms with Gasteiger partial charge in [-0.2, -0.15) is 5.26 Å². The number of pyridine rings is 1. The van der Waals surface area contributed by atoms with E-state index >= 15 is 8.78 Å². The lowest BCUT2D eigenvalue weighted by atomic mass is 10.0. The number of nitrogens with zero attached hydrogens (tertiary/aromatic N) is 4. The van der Waals surface area contributed by atoms with Gasteiger partial charge in [-0.1, -0.05) is 12.1 Å². The highest BCUT2D eigenvalue weighted by molar-refractivity contribution is 5.93. The minimum absolute atomic E-state index is 0.0261. The van der Waals surface area contributed by atoms with Crippen molar-refractivity contribution in [1.29, 1.82) is 5.26 Å². The van der Waals surface area contributed by atoms with Crippen molar-refractivity contribution >= 4 is 17.0 Å². The van der Waals surface area contributed by atoms with Crippen LogP contribution in [0.25, 0.3) is 22.3 Å². The molecule has 0 N–H and O–H groups in total. The minimum Gasteiger partial charge on any atom is -0.473 e. The predicted molar refractivity (Wildman–Crippen MR) is 151 cm³/mol. The second kappa shape index (κ2) is 12.8. The number of nitriles is 1. The Morgan fingerprint density at radius 3 is 2.49 bits per heavy atom. The first-order chi connectivity index (χ1) is 20.8. The molecule has 2 heterocycles. The average Bonchev–Trinajstić information content (AvgIpc) is 3.36. The Morgan fingerprint density at radius 1 is 0.930 bits per heavy atom. The fourth-order valence-corrected chi connectivity index (χ4v) is 4.61. The zero-order valence-corrected chi connectivity index (χ0v) is 23.2. The molecule has 0 aliphatic carbocycles. The molecule has 43 heavy (non-hydrogen) atoms. The van der Waals surface area contributed by atoms with E-state index in [9.17, 15) is 9.18 Å². The summed E-state index contributed by atoms with van der Waals surface area (Å²) in [5.74, 6) is -1.92. The largest absolute Gasteiger partial charge is 0.473 e. The summed E-state index contributed by atoms with van der Waals surface area (Å²) in [6.07, 6.45) is -0.0261. The summed E-state index contributed by atoms with van der Waals surface area (Å²) < 4.78 is 62.4. The molecule has 0 bridgehead atoms. The minimum atomic E-state index is -0.702. The van der Waals surface area contributed by atoms with Gasteiger partial charge in [0.2, 0.25) is 5.88 Å². The van der Waals surface area contributed by atoms with Crippen molar-refractivity contribution in [2.45, 2.75) is 19.6 Å². The summed E-state index contributed by atoms with van der Waals surface area (Å²) in [7, 11) is 2.84. The molecule has 2 aromatic heterocycles. The Kier molecular flexibility index (Phi) is 8.69. The van der Waals surface area contributed by atoms with Crippen molar-refractivity contribution in [2.24, 2.45) is 0 Å². The zero-order valence-electron chi connectivity index (χ0n) is 23.2. The van der Waals surface area contributed by atoms with Crippen LogP contribution in [0, 0.1) is 28.8 Å². The molecule has 0 fully saturated rings. The van der Waals surface area contributed by atoms with Gasteiger partial charge in [0.1, 0.15) is 29.9 Å². The van der Waals surface area contributed by atoms with E-state index in [4.69, 9.17) is 19.5 Å². The summed E-state index contributed by atoms with van der Waals surface area (Å²) in [5.41, 5.74) is 2.07. The van der Waals surface area contributed by atoms with Gasteiger partial charge in [0.15, 0.2) is 0 Å². The summed E-state index contributed by atoms with van der Waals surface area (Å²) in [4.78, 5) is 20.9. The van der Waals surface area contributed by atoms with Crippen LogP contribution in [0.15, 0.2) is 66.7 Å². The van der Waals surface area contributed by atoms with Crippen molar-refractivity contribution in [3.63, 3.8) is 0 Å². The molecule has 3 aromatic carbocycles. The Hall–Kier alpha value is -5.21. The second-order valence-corrected chi connectivity index (χ2v) is 9.54. The van der Waals surface area contributed by atoms with Crippen LogP contribution in [0.4, 0.5) is 13.2 Å². The van der Waals surface area contributed by atoms with Crippen molar-refractivity contribution in [3.8, 4) is 23.2 Å². The van der Waals surface area contributed by atoms with Gasteiger partial charge in [0.25, 0.3) is 0 Å². The monoisotopic (exact) mass is 586 g/mol. The third-order valence-electron chi connectivity index (χ3n) is 6.81. The summed E-state index contributed by atoms with van der Waals surface area (Å²) in [6.45, 7) is 0.534. The molecule has 0 amide bonds. The molecule has 11 heteroatoms. The molecule has 0 radical (unpaired) electrons. The number of halogens is 3. The van der Waals surface area contributed by atoms with Gasteiger partial charge in [-0.25, -0.2) is 27.9 Å². The van der Waals surface area contributed by atoms with Gasteiger partial charge in [-0.3, -0.25) is 0 Å². The fourth-order valence-electron chi connectivity index (χ4n) is 4.61. The molecule has 8 nitrogen and oxygen atoms in total. The van der Waals surface area contributed by atoms with E-state index in [0.29, 0.717) is 35.6 Å². The molecule has 5 rings (SSSR count). The molecule has 0 aliphatic heterocycles. The first-order valence-electron chi connectivity index (χ1n) is 13.1. The highest BCUT2D eigenvalue weighted by Gasteiger charge is 2.19. The van der Waals surface area contributed by atoms with Crippen LogP contribution >= 0.6 is 0 Å². The maximum atomic E-state index is 15.4. The molecule has 0 saturated carbocycles. The number of carbonyl (C=O) groups is 1. The van der Waals surface area contributed by atoms with Crippen molar-refractivity contribution in [1.82, 2.24) is 14.5 Å². The first kappa shape index (κ1) is 29.3. The number of hydrogen-bond donors (Lipinski definition) is 0. The molecule has 218 valence electrons. The van der Waals surface area contributed by atoms with E-state index in [-0.39, 0.29) is 46.9 Å². The highest BCUT2D eigenvalue weighted by Crippen LogP contribution is 2.28. The van der Waals surface area contributed by atoms with Crippen LogP contribution in [0.2, 0.25) is 0 Å². The first-order valence-corrected chi connectivity index (χ1v) is 13.1. The van der Waals surface area contributed by atoms with Crippen LogP contribution in [0.1, 0.15) is 32.9 Å². The van der Waals surface area contributed by atoms with Gasteiger partial charge in [-0.05, 0) is 54.1 Å². The van der Waals surface area contributed by atoms with E-state index in [1.165, 1.54) is 31.4 Å². The Labute approximate surface area is 244 Å². The lowest BCUT2D eigenvalue weighted by Crippen LogP contribution is -2.10. The lowest BCUT2D eigenvalue weighted by Gasteiger charge is -2.12. The number of rotatable bonds is 10. The Balaban J connectivity index is 1.40. The van der Waals surface area contributed by atoms with Crippen LogP contribution < -0.4 is 4.74 Å². The quantitative estimate of drug-likeness (QED) is 0.185. The number of fused-ring (bicyclic) bond motifs is 1. The van der Waals surface area contributed by atoms with Gasteiger partial charge in [0, 0.05) is 37.3 Å². The molecule has 0 saturated heterocycles. The van der Waals surface area contributed by atoms with Crippen molar-refractivity contribution in [3.05, 3.63) is 112 Å². The highest BCUT2D eigenvalue weighted by atomic mass is 19.1. The zero-order chi connectivity index (χ0) is 30.5. The maximum Gasteiger partial charge on any atom is 0.337 e. The third-order valence-corrected chi connectivity index (χ3v) is 6.81.